The molecular formula is C11H8ClNO. The van der Waals surface area contributed by atoms with Crippen LogP contribution in [-0.4, -0.2) is 12.0 Å². The second kappa shape index (κ2) is 3.07. The fraction of sp³-hybridized carbons (Fsp3) is 0.0909. The van der Waals surface area contributed by atoms with Gasteiger partial charge >= 0.3 is 0 Å². The highest BCUT2D eigenvalue weighted by atomic mass is 35.5. The first-order chi connectivity index (χ1) is 6.36. The lowest BCUT2D eigenvalue weighted by Crippen LogP contribution is -2.06. The molecule has 0 saturated heterocycles. The molecule has 1 heterocycles. The molecule has 2 aliphatic rings. The van der Waals surface area contributed by atoms with Crippen LogP contribution in [0.2, 0.25) is 0 Å². The Hall–Kier alpha value is -1.41. The van der Waals surface area contributed by atoms with E-state index in [1.165, 1.54) is 6.21 Å². The van der Waals surface area contributed by atoms with Crippen molar-refractivity contribution in [3.05, 3.63) is 41.1 Å². The number of allylic oxidation sites excluding steroid dienone is 1. The van der Waals surface area contributed by atoms with Crippen LogP contribution in [0.5, 0.6) is 0 Å². The quantitative estimate of drug-likeness (QED) is 0.639. The predicted octanol–water partition coefficient (Wildman–Crippen LogP) is 2.20. The third-order valence-corrected chi connectivity index (χ3v) is 2.53. The Balaban J connectivity index is 0.000000750. The SMILES string of the molecule is Cl.O=C1C=NC2=Cc3ccccc3C12. The molecule has 0 saturated carbocycles. The van der Waals surface area contributed by atoms with Crippen molar-refractivity contribution >= 4 is 30.5 Å². The lowest BCUT2D eigenvalue weighted by molar-refractivity contribution is -0.112. The zero-order chi connectivity index (χ0) is 8.84. The molecule has 1 aliphatic heterocycles. The molecule has 3 heteroatoms. The summed E-state index contributed by atoms with van der Waals surface area (Å²) < 4.78 is 0. The summed E-state index contributed by atoms with van der Waals surface area (Å²) in [5.41, 5.74) is 3.12. The number of hydrogen-bond donors (Lipinski definition) is 0. The highest BCUT2D eigenvalue weighted by Gasteiger charge is 2.33. The van der Waals surface area contributed by atoms with Crippen LogP contribution in [0.1, 0.15) is 17.0 Å². The van der Waals surface area contributed by atoms with Gasteiger partial charge in [-0.15, -0.1) is 12.4 Å². The van der Waals surface area contributed by atoms with Crippen molar-refractivity contribution in [1.29, 1.82) is 0 Å². The van der Waals surface area contributed by atoms with Crippen LogP contribution in [0.3, 0.4) is 0 Å². The lowest BCUT2D eigenvalue weighted by Gasteiger charge is -2.03. The topological polar surface area (TPSA) is 29.4 Å². The number of ketones is 1. The van der Waals surface area contributed by atoms with E-state index in [9.17, 15) is 4.79 Å². The molecule has 2 nitrogen and oxygen atoms in total. The van der Waals surface area contributed by atoms with Gasteiger partial charge in [0.2, 0.25) is 0 Å². The minimum Gasteiger partial charge on any atom is -0.292 e. The van der Waals surface area contributed by atoms with Crippen LogP contribution in [-0.2, 0) is 4.79 Å². The van der Waals surface area contributed by atoms with Gasteiger partial charge in [0.05, 0.1) is 17.8 Å². The first-order valence-electron chi connectivity index (χ1n) is 4.25. The normalized spacial score (nSPS) is 21.3. The Morgan fingerprint density at radius 1 is 1.21 bits per heavy atom. The Morgan fingerprint density at radius 2 is 2.00 bits per heavy atom. The van der Waals surface area contributed by atoms with Gasteiger partial charge in [-0.3, -0.25) is 9.79 Å². The number of fused-ring (bicyclic) bond motifs is 3. The van der Waals surface area contributed by atoms with E-state index in [2.05, 4.69) is 4.99 Å². The van der Waals surface area contributed by atoms with Crippen molar-refractivity contribution in [3.63, 3.8) is 0 Å². The number of halogens is 1. The number of benzene rings is 1. The summed E-state index contributed by atoms with van der Waals surface area (Å²) in [4.78, 5) is 15.5. The van der Waals surface area contributed by atoms with Crippen LogP contribution >= 0.6 is 12.4 Å². The summed E-state index contributed by atoms with van der Waals surface area (Å²) in [6.07, 6.45) is 3.41. The van der Waals surface area contributed by atoms with Crippen molar-refractivity contribution in [2.75, 3.05) is 0 Å². The number of Topliss-reactive ketones (excluding diaryl/α,β-unsaturated/α-hetero) is 1. The number of carbonyl (C=O) groups excluding carboxylic acids is 1. The van der Waals surface area contributed by atoms with Gasteiger partial charge in [-0.05, 0) is 17.2 Å². The van der Waals surface area contributed by atoms with Crippen LogP contribution in [0.4, 0.5) is 0 Å². The molecule has 0 spiro atoms. The minimum atomic E-state index is -0.101. The van der Waals surface area contributed by atoms with Crippen LogP contribution in [0, 0.1) is 0 Å². The fourth-order valence-corrected chi connectivity index (χ4v) is 1.93. The summed E-state index contributed by atoms with van der Waals surface area (Å²) in [5, 5.41) is 0. The Kier molecular flexibility index (Phi) is 2.01. The summed E-state index contributed by atoms with van der Waals surface area (Å²) in [6, 6.07) is 7.95. The predicted molar refractivity (Wildman–Crippen MR) is 57.9 cm³/mol. The van der Waals surface area contributed by atoms with Gasteiger partial charge in [-0.2, -0.15) is 0 Å². The van der Waals surface area contributed by atoms with Crippen molar-refractivity contribution in [1.82, 2.24) is 0 Å². The number of nitrogens with zero attached hydrogens (tertiary/aromatic N) is 1. The minimum absolute atomic E-state index is 0. The molecule has 14 heavy (non-hydrogen) atoms. The average Bonchev–Trinajstić information content (AvgIpc) is 2.66. The first-order valence-corrected chi connectivity index (χ1v) is 4.25. The van der Waals surface area contributed by atoms with E-state index < -0.39 is 0 Å². The van der Waals surface area contributed by atoms with E-state index in [1.54, 1.807) is 0 Å². The number of carbonyl (C=O) groups is 1. The van der Waals surface area contributed by atoms with E-state index >= 15 is 0 Å². The third kappa shape index (κ3) is 1.04. The van der Waals surface area contributed by atoms with Crippen LogP contribution in [0.15, 0.2) is 35.0 Å². The molecule has 1 aromatic carbocycles. The summed E-state index contributed by atoms with van der Waals surface area (Å²) in [5.74, 6) is 0.00685. The van der Waals surface area contributed by atoms with E-state index in [1.807, 2.05) is 30.3 Å². The Morgan fingerprint density at radius 3 is 2.86 bits per heavy atom. The number of hydrogen-bond acceptors (Lipinski definition) is 2. The van der Waals surface area contributed by atoms with E-state index in [0.717, 1.165) is 16.8 Å². The second-order valence-electron chi connectivity index (χ2n) is 3.29. The molecule has 0 N–H and O–H groups in total. The third-order valence-electron chi connectivity index (χ3n) is 2.53. The number of rotatable bonds is 0. The number of aliphatic imine (C=N–C) groups is 1. The van der Waals surface area contributed by atoms with Crippen LogP contribution < -0.4 is 0 Å². The fourth-order valence-electron chi connectivity index (χ4n) is 1.93. The van der Waals surface area contributed by atoms with Crippen molar-refractivity contribution in [2.24, 2.45) is 4.99 Å². The summed E-state index contributed by atoms with van der Waals surface area (Å²) in [7, 11) is 0. The molecule has 0 amide bonds. The molecule has 0 aromatic heterocycles. The molecule has 3 rings (SSSR count). The standard InChI is InChI=1S/C11H7NO.ClH/c13-10-6-12-9-5-7-3-1-2-4-8(7)11(9)10;/h1-6,11H;1H. The zero-order valence-corrected chi connectivity index (χ0v) is 8.12. The molecule has 0 fully saturated rings. The maximum atomic E-state index is 11.4. The largest absolute Gasteiger partial charge is 0.292 e. The Labute approximate surface area is 87.8 Å². The monoisotopic (exact) mass is 205 g/mol. The smallest absolute Gasteiger partial charge is 0.187 e. The summed E-state index contributed by atoms with van der Waals surface area (Å²) in [6.45, 7) is 0. The van der Waals surface area contributed by atoms with Gasteiger partial charge in [0.25, 0.3) is 0 Å². The van der Waals surface area contributed by atoms with Crippen molar-refractivity contribution in [2.45, 2.75) is 5.92 Å². The lowest BCUT2D eigenvalue weighted by atomic mass is 9.97. The highest BCUT2D eigenvalue weighted by molar-refractivity contribution is 6.34. The molecule has 70 valence electrons. The maximum absolute atomic E-state index is 11.4. The zero-order valence-electron chi connectivity index (χ0n) is 7.31. The first kappa shape index (κ1) is 9.16. The van der Waals surface area contributed by atoms with E-state index in [4.69, 9.17) is 0 Å². The van der Waals surface area contributed by atoms with Crippen molar-refractivity contribution in [3.8, 4) is 0 Å². The Bertz CT molecular complexity index is 462. The summed E-state index contributed by atoms with van der Waals surface area (Å²) >= 11 is 0. The van der Waals surface area contributed by atoms with E-state index in [-0.39, 0.29) is 24.1 Å². The van der Waals surface area contributed by atoms with Gasteiger partial charge < -0.3 is 0 Å². The molecule has 1 atom stereocenters. The molecule has 0 radical (unpaired) electrons. The van der Waals surface area contributed by atoms with Gasteiger partial charge in [-0.1, -0.05) is 24.3 Å². The van der Waals surface area contributed by atoms with Gasteiger partial charge in [0, 0.05) is 0 Å². The second-order valence-corrected chi connectivity index (χ2v) is 3.29. The molecule has 0 bridgehead atoms. The molecule has 1 unspecified atom stereocenters. The van der Waals surface area contributed by atoms with Gasteiger partial charge in [0.1, 0.15) is 0 Å². The molecule has 1 aliphatic carbocycles. The van der Waals surface area contributed by atoms with Gasteiger partial charge in [0.15, 0.2) is 5.78 Å². The average molecular weight is 206 g/mol. The van der Waals surface area contributed by atoms with Crippen LogP contribution in [0.25, 0.3) is 6.08 Å². The van der Waals surface area contributed by atoms with Gasteiger partial charge in [-0.25, -0.2) is 0 Å². The maximum Gasteiger partial charge on any atom is 0.187 e. The highest BCUT2D eigenvalue weighted by Crippen LogP contribution is 2.39. The molecule has 1 aromatic rings. The molecular weight excluding hydrogens is 198 g/mol. The van der Waals surface area contributed by atoms with Crippen molar-refractivity contribution < 1.29 is 4.79 Å². The van der Waals surface area contributed by atoms with E-state index in [0.29, 0.717) is 0 Å².